The van der Waals surface area contributed by atoms with Gasteiger partial charge in [-0.2, -0.15) is 0 Å². The van der Waals surface area contributed by atoms with Crippen LogP contribution >= 0.6 is 11.3 Å². The van der Waals surface area contributed by atoms with E-state index in [9.17, 15) is 23.2 Å². The van der Waals surface area contributed by atoms with Crippen LogP contribution in [0.4, 0.5) is 14.5 Å². The minimum absolute atomic E-state index is 0.144. The van der Waals surface area contributed by atoms with Gasteiger partial charge < -0.3 is 32.2 Å². The first-order valence-electron chi connectivity index (χ1n) is 14.3. The molecular formula is C33H31F2N5O4S. The van der Waals surface area contributed by atoms with Crippen LogP contribution in [0.15, 0.2) is 61.2 Å². The van der Waals surface area contributed by atoms with Crippen molar-refractivity contribution in [3.63, 3.8) is 0 Å². The molecule has 1 saturated heterocycles. The van der Waals surface area contributed by atoms with Gasteiger partial charge in [-0.15, -0.1) is 11.3 Å². The Hall–Kier alpha value is -4.65. The Balaban J connectivity index is 1.39. The average Bonchev–Trinajstić information content (AvgIpc) is 3.43. The van der Waals surface area contributed by atoms with Crippen molar-refractivity contribution in [1.82, 2.24) is 10.2 Å². The fourth-order valence-electron chi connectivity index (χ4n) is 6.34. The first kappa shape index (κ1) is 30.4. The quantitative estimate of drug-likeness (QED) is 0.180. The number of Topliss-reactive ketones (excluding diaryl/α,β-unsaturated/α-hetero) is 1. The fourth-order valence-corrected chi connectivity index (χ4v) is 7.55. The number of para-hydroxylation sites is 1. The highest BCUT2D eigenvalue weighted by Gasteiger charge is 2.49. The maximum atomic E-state index is 14.2. The number of piperidine rings is 1. The van der Waals surface area contributed by atoms with Gasteiger partial charge in [-0.3, -0.25) is 14.4 Å². The Kier molecular flexibility index (Phi) is 7.67. The van der Waals surface area contributed by atoms with Crippen molar-refractivity contribution in [2.45, 2.75) is 37.4 Å². The molecule has 7 N–H and O–H groups in total. The monoisotopic (exact) mass is 631 g/mol. The largest absolute Gasteiger partial charge is 0.451 e. The number of ketones is 1. The van der Waals surface area contributed by atoms with Gasteiger partial charge >= 0.3 is 0 Å². The zero-order valence-corrected chi connectivity index (χ0v) is 25.2. The average molecular weight is 632 g/mol. The summed E-state index contributed by atoms with van der Waals surface area (Å²) in [4.78, 5) is 41.9. The number of hydrogen-bond donors (Lipinski definition) is 4. The maximum Gasteiger partial charge on any atom is 0.262 e. The number of hydrogen-bond acceptors (Lipinski definition) is 8. The summed E-state index contributed by atoms with van der Waals surface area (Å²) in [6.07, 6.45) is 2.65. The number of aryl methyl sites for hydroxylation is 1. The van der Waals surface area contributed by atoms with Crippen LogP contribution in [-0.2, 0) is 15.1 Å². The van der Waals surface area contributed by atoms with E-state index in [0.717, 1.165) is 23.5 Å². The van der Waals surface area contributed by atoms with E-state index >= 15 is 0 Å². The van der Waals surface area contributed by atoms with Crippen LogP contribution in [0.3, 0.4) is 0 Å². The van der Waals surface area contributed by atoms with E-state index in [1.165, 1.54) is 24.3 Å². The number of ether oxygens (including phenoxy) is 1. The van der Waals surface area contributed by atoms with Crippen LogP contribution in [0.1, 0.15) is 50.8 Å². The summed E-state index contributed by atoms with van der Waals surface area (Å²) < 4.78 is 34.5. The number of thiophene rings is 1. The third-order valence-electron chi connectivity index (χ3n) is 8.52. The number of benzene rings is 3. The Morgan fingerprint density at radius 1 is 1.16 bits per heavy atom. The number of halogens is 2. The van der Waals surface area contributed by atoms with Crippen LogP contribution in [0.5, 0.6) is 11.5 Å². The Bertz CT molecular complexity index is 1890. The number of carbonyl (C=O) groups excluding carboxylic acids is 3. The highest BCUT2D eigenvalue weighted by atomic mass is 32.1. The van der Waals surface area contributed by atoms with Crippen molar-refractivity contribution >= 4 is 44.7 Å². The number of nitrogen functional groups attached to an aromatic ring is 1. The minimum Gasteiger partial charge on any atom is -0.451 e. The van der Waals surface area contributed by atoms with Crippen molar-refractivity contribution in [2.24, 2.45) is 11.5 Å². The molecule has 12 heteroatoms. The van der Waals surface area contributed by atoms with E-state index in [0.29, 0.717) is 64.0 Å². The standard InChI is InChI=1S/C33H31F2N5O4S/c1-3-24(41)40-13-5-6-17(15-40)39-32(43)30-26-25-20(11-12-23(36)29(25)45-30)33(38,31(42)27(26)37)19-10-9-18(14-16(19)2)44-28-21(34)7-4-8-22(28)35/h3-4,7-12,14,17,27H,1,5-6,13,15,36-38H2,2H3,(H,39,43). The maximum absolute atomic E-state index is 14.2. The Labute approximate surface area is 261 Å². The van der Waals surface area contributed by atoms with Gasteiger partial charge in [0.2, 0.25) is 5.91 Å². The lowest BCUT2D eigenvalue weighted by Crippen LogP contribution is -2.53. The van der Waals surface area contributed by atoms with E-state index < -0.39 is 40.7 Å². The van der Waals surface area contributed by atoms with Crippen molar-refractivity contribution in [3.05, 3.63) is 100.0 Å². The van der Waals surface area contributed by atoms with Gasteiger partial charge in [0.1, 0.15) is 11.3 Å². The van der Waals surface area contributed by atoms with Crippen LogP contribution < -0.4 is 27.3 Å². The lowest BCUT2D eigenvalue weighted by atomic mass is 9.69. The van der Waals surface area contributed by atoms with Gasteiger partial charge in [-0.25, -0.2) is 8.78 Å². The third kappa shape index (κ3) is 4.95. The third-order valence-corrected chi connectivity index (χ3v) is 9.78. The normalized spacial score (nSPS) is 21.1. The van der Waals surface area contributed by atoms with Gasteiger partial charge in [0.15, 0.2) is 23.2 Å². The molecule has 2 aliphatic rings. The molecule has 0 bridgehead atoms. The van der Waals surface area contributed by atoms with Crippen LogP contribution in [0.25, 0.3) is 10.1 Å². The van der Waals surface area contributed by atoms with E-state index in [1.54, 1.807) is 30.0 Å². The number of nitrogens with zero attached hydrogens (tertiary/aromatic N) is 1. The lowest BCUT2D eigenvalue weighted by Gasteiger charge is -2.37. The van der Waals surface area contributed by atoms with E-state index in [2.05, 4.69) is 11.9 Å². The number of likely N-dealkylation sites (tertiary alicyclic amines) is 1. The van der Waals surface area contributed by atoms with Gasteiger partial charge in [0, 0.05) is 35.8 Å². The summed E-state index contributed by atoms with van der Waals surface area (Å²) in [5.41, 5.74) is 20.4. The number of carbonyl (C=O) groups is 3. The van der Waals surface area contributed by atoms with Crippen LogP contribution in [0, 0.1) is 18.6 Å². The number of nitrogens with two attached hydrogens (primary N) is 3. The van der Waals surface area contributed by atoms with Crippen molar-refractivity contribution in [1.29, 1.82) is 0 Å². The van der Waals surface area contributed by atoms with Crippen molar-refractivity contribution < 1.29 is 27.9 Å². The van der Waals surface area contributed by atoms with E-state index in [4.69, 9.17) is 21.9 Å². The number of amides is 2. The van der Waals surface area contributed by atoms with Gasteiger partial charge in [-0.05, 0) is 72.9 Å². The molecule has 0 radical (unpaired) electrons. The van der Waals surface area contributed by atoms with E-state index in [1.807, 2.05) is 0 Å². The van der Waals surface area contributed by atoms with Gasteiger partial charge in [0.25, 0.3) is 5.91 Å². The zero-order chi connectivity index (χ0) is 32.2. The van der Waals surface area contributed by atoms with Crippen molar-refractivity contribution in [3.8, 4) is 11.5 Å². The summed E-state index contributed by atoms with van der Waals surface area (Å²) >= 11 is 1.14. The molecule has 0 spiro atoms. The number of anilines is 1. The molecule has 4 aromatic rings. The minimum atomic E-state index is -1.73. The predicted molar refractivity (Wildman–Crippen MR) is 168 cm³/mol. The summed E-state index contributed by atoms with van der Waals surface area (Å²) in [5, 5.41) is 3.55. The second-order valence-corrected chi connectivity index (χ2v) is 12.4. The smallest absolute Gasteiger partial charge is 0.262 e. The van der Waals surface area contributed by atoms with Crippen LogP contribution in [0.2, 0.25) is 0 Å². The van der Waals surface area contributed by atoms with Crippen LogP contribution in [-0.4, -0.2) is 41.6 Å². The molecule has 232 valence electrons. The summed E-state index contributed by atoms with van der Waals surface area (Å²) in [5.74, 6) is -3.29. The van der Waals surface area contributed by atoms with Crippen molar-refractivity contribution in [2.75, 3.05) is 18.8 Å². The predicted octanol–water partition coefficient (Wildman–Crippen LogP) is 4.55. The molecule has 2 amide bonds. The van der Waals surface area contributed by atoms with Gasteiger partial charge in [0.05, 0.1) is 15.6 Å². The topological polar surface area (TPSA) is 154 Å². The summed E-state index contributed by atoms with van der Waals surface area (Å²) in [7, 11) is 0. The molecule has 45 heavy (non-hydrogen) atoms. The SMILES string of the molecule is C=CC(=O)N1CCCC(NC(=O)c2sc3c(N)ccc4c3c2C(N)C(=O)C4(N)c2ccc(Oc3c(F)cccc3F)cc2C)C1. The number of rotatable bonds is 6. The number of nitrogens with one attached hydrogen (secondary N) is 1. The molecular weight excluding hydrogens is 600 g/mol. The lowest BCUT2D eigenvalue weighted by molar-refractivity contribution is -0.127. The fraction of sp³-hybridized carbons (Fsp3) is 0.242. The Morgan fingerprint density at radius 3 is 2.56 bits per heavy atom. The molecule has 1 aromatic heterocycles. The molecule has 3 unspecified atom stereocenters. The Morgan fingerprint density at radius 2 is 1.87 bits per heavy atom. The molecule has 0 saturated carbocycles. The highest BCUT2D eigenvalue weighted by Crippen LogP contribution is 2.50. The summed E-state index contributed by atoms with van der Waals surface area (Å²) in [6, 6.07) is 9.74. The molecule has 3 aromatic carbocycles. The second kappa shape index (κ2) is 11.4. The molecule has 1 fully saturated rings. The molecule has 1 aliphatic carbocycles. The molecule has 3 atom stereocenters. The van der Waals surface area contributed by atoms with E-state index in [-0.39, 0.29) is 22.6 Å². The molecule has 2 heterocycles. The first-order valence-corrected chi connectivity index (χ1v) is 15.2. The molecule has 6 rings (SSSR count). The zero-order valence-electron chi connectivity index (χ0n) is 24.4. The molecule has 1 aliphatic heterocycles. The van der Waals surface area contributed by atoms with Gasteiger partial charge in [-0.1, -0.05) is 24.8 Å². The first-order chi connectivity index (χ1) is 21.4. The highest BCUT2D eigenvalue weighted by molar-refractivity contribution is 7.21. The molecule has 9 nitrogen and oxygen atoms in total. The second-order valence-electron chi connectivity index (χ2n) is 11.3. The summed E-state index contributed by atoms with van der Waals surface area (Å²) in [6.45, 7) is 6.16.